The summed E-state index contributed by atoms with van der Waals surface area (Å²) in [5.74, 6) is 1.28. The highest BCUT2D eigenvalue weighted by molar-refractivity contribution is 8.00. The van der Waals surface area contributed by atoms with E-state index in [1.54, 1.807) is 30.2 Å². The van der Waals surface area contributed by atoms with Gasteiger partial charge in [-0.2, -0.15) is 0 Å². The van der Waals surface area contributed by atoms with Gasteiger partial charge in [0.15, 0.2) is 5.13 Å². The first-order valence-corrected chi connectivity index (χ1v) is 13.1. The Morgan fingerprint density at radius 2 is 1.94 bits per heavy atom. The standard InChI is InChI=1S/C25H31N3O3S2/c1-18-5-10-22-24(19(18)2)26-25(33-22)28(12-4-11-27-13-15-31-16-14-27)23(29)17-32-21-8-6-20(30-3)7-9-21/h5-10H,4,11-17H2,1-3H3. The van der Waals surface area contributed by atoms with Gasteiger partial charge >= 0.3 is 0 Å². The number of ether oxygens (including phenoxy) is 2. The van der Waals surface area contributed by atoms with Gasteiger partial charge in [0.05, 0.1) is 36.3 Å². The third-order valence-electron chi connectivity index (χ3n) is 5.99. The van der Waals surface area contributed by atoms with Crippen LogP contribution in [0.3, 0.4) is 0 Å². The lowest BCUT2D eigenvalue weighted by atomic mass is 10.1. The van der Waals surface area contributed by atoms with Gasteiger partial charge in [0.2, 0.25) is 5.91 Å². The van der Waals surface area contributed by atoms with Crippen molar-refractivity contribution in [1.29, 1.82) is 0 Å². The molecule has 2 heterocycles. The van der Waals surface area contributed by atoms with Gasteiger partial charge in [-0.3, -0.25) is 14.6 Å². The van der Waals surface area contributed by atoms with Crippen LogP contribution in [0.15, 0.2) is 41.3 Å². The Balaban J connectivity index is 1.48. The number of carbonyl (C=O) groups is 1. The van der Waals surface area contributed by atoms with Crippen molar-refractivity contribution in [3.63, 3.8) is 0 Å². The molecule has 33 heavy (non-hydrogen) atoms. The molecule has 4 rings (SSSR count). The maximum atomic E-state index is 13.4. The van der Waals surface area contributed by atoms with Gasteiger partial charge in [-0.15, -0.1) is 11.8 Å². The van der Waals surface area contributed by atoms with E-state index in [2.05, 4.69) is 30.9 Å². The molecule has 0 unspecified atom stereocenters. The molecule has 1 amide bonds. The molecule has 2 aromatic carbocycles. The molecule has 0 radical (unpaired) electrons. The Morgan fingerprint density at radius 1 is 1.18 bits per heavy atom. The van der Waals surface area contributed by atoms with Crippen LogP contribution in [-0.4, -0.2) is 68.0 Å². The Morgan fingerprint density at radius 3 is 2.67 bits per heavy atom. The Kier molecular flexibility index (Phi) is 8.25. The number of thiazole rings is 1. The molecular weight excluding hydrogens is 454 g/mol. The number of fused-ring (bicyclic) bond motifs is 1. The lowest BCUT2D eigenvalue weighted by Crippen LogP contribution is -2.39. The van der Waals surface area contributed by atoms with Gasteiger partial charge in [0.1, 0.15) is 5.75 Å². The van der Waals surface area contributed by atoms with Gasteiger partial charge in [-0.1, -0.05) is 17.4 Å². The number of amides is 1. The second-order valence-corrected chi connectivity index (χ2v) is 10.2. The largest absolute Gasteiger partial charge is 0.497 e. The van der Waals surface area contributed by atoms with E-state index in [1.165, 1.54) is 11.1 Å². The van der Waals surface area contributed by atoms with Crippen molar-refractivity contribution in [2.24, 2.45) is 0 Å². The summed E-state index contributed by atoms with van der Waals surface area (Å²) in [5, 5.41) is 0.793. The topological polar surface area (TPSA) is 54.9 Å². The van der Waals surface area contributed by atoms with E-state index in [0.717, 1.165) is 65.3 Å². The first-order valence-electron chi connectivity index (χ1n) is 11.3. The van der Waals surface area contributed by atoms with Crippen LogP contribution in [0.5, 0.6) is 5.75 Å². The molecule has 1 aromatic heterocycles. The van der Waals surface area contributed by atoms with Crippen molar-refractivity contribution in [1.82, 2.24) is 9.88 Å². The molecule has 3 aromatic rings. The molecule has 0 bridgehead atoms. The lowest BCUT2D eigenvalue weighted by Gasteiger charge is -2.27. The van der Waals surface area contributed by atoms with Crippen LogP contribution in [0.4, 0.5) is 5.13 Å². The Bertz CT molecular complexity index is 1080. The van der Waals surface area contributed by atoms with E-state index in [1.807, 2.05) is 29.2 Å². The van der Waals surface area contributed by atoms with E-state index in [0.29, 0.717) is 12.3 Å². The molecule has 6 nitrogen and oxygen atoms in total. The number of aryl methyl sites for hydroxylation is 2. The maximum Gasteiger partial charge on any atom is 0.239 e. The first-order chi connectivity index (χ1) is 16.0. The third-order valence-corrected chi connectivity index (χ3v) is 8.03. The lowest BCUT2D eigenvalue weighted by molar-refractivity contribution is -0.116. The zero-order valence-electron chi connectivity index (χ0n) is 19.5. The Hall–Kier alpha value is -2.13. The highest BCUT2D eigenvalue weighted by atomic mass is 32.2. The number of rotatable bonds is 9. The predicted octanol–water partition coefficient (Wildman–Crippen LogP) is 4.77. The number of morpholine rings is 1. The van der Waals surface area contributed by atoms with Crippen molar-refractivity contribution >= 4 is 44.4 Å². The summed E-state index contributed by atoms with van der Waals surface area (Å²) in [6, 6.07) is 12.1. The molecule has 1 saturated heterocycles. The maximum absolute atomic E-state index is 13.4. The summed E-state index contributed by atoms with van der Waals surface area (Å²) in [5.41, 5.74) is 3.41. The van der Waals surface area contributed by atoms with Crippen LogP contribution in [0.2, 0.25) is 0 Å². The van der Waals surface area contributed by atoms with Crippen molar-refractivity contribution < 1.29 is 14.3 Å². The monoisotopic (exact) mass is 485 g/mol. The zero-order valence-corrected chi connectivity index (χ0v) is 21.1. The summed E-state index contributed by atoms with van der Waals surface area (Å²) in [6.45, 7) is 9.33. The average Bonchev–Trinajstić information content (AvgIpc) is 3.28. The number of anilines is 1. The quantitative estimate of drug-likeness (QED) is 0.407. The van der Waals surface area contributed by atoms with E-state index in [-0.39, 0.29) is 5.91 Å². The number of methoxy groups -OCH3 is 1. The van der Waals surface area contributed by atoms with Crippen LogP contribution in [0.25, 0.3) is 10.2 Å². The molecule has 0 saturated carbocycles. The molecular formula is C25H31N3O3S2. The van der Waals surface area contributed by atoms with Crippen LogP contribution >= 0.6 is 23.1 Å². The number of benzene rings is 2. The molecule has 1 fully saturated rings. The fourth-order valence-electron chi connectivity index (χ4n) is 3.83. The SMILES string of the molecule is COc1ccc(SCC(=O)N(CCCN2CCOCC2)c2nc3c(C)c(C)ccc3s2)cc1. The van der Waals surface area contributed by atoms with Crippen LogP contribution < -0.4 is 9.64 Å². The minimum Gasteiger partial charge on any atom is -0.497 e. The third kappa shape index (κ3) is 6.06. The number of carbonyl (C=O) groups excluding carboxylic acids is 1. The fraction of sp³-hybridized carbons (Fsp3) is 0.440. The summed E-state index contributed by atoms with van der Waals surface area (Å²) < 4.78 is 11.8. The molecule has 0 N–H and O–H groups in total. The smallest absolute Gasteiger partial charge is 0.239 e. The van der Waals surface area contributed by atoms with E-state index < -0.39 is 0 Å². The second kappa shape index (κ2) is 11.3. The van der Waals surface area contributed by atoms with Gasteiger partial charge in [-0.25, -0.2) is 4.98 Å². The molecule has 0 atom stereocenters. The molecule has 1 aliphatic rings. The number of hydrogen-bond donors (Lipinski definition) is 0. The van der Waals surface area contributed by atoms with Gasteiger partial charge in [0, 0.05) is 31.1 Å². The van der Waals surface area contributed by atoms with Gasteiger partial charge in [0.25, 0.3) is 0 Å². The highest BCUT2D eigenvalue weighted by Gasteiger charge is 2.21. The normalized spacial score (nSPS) is 14.5. The van der Waals surface area contributed by atoms with Gasteiger partial charge in [-0.05, 0) is 61.7 Å². The summed E-state index contributed by atoms with van der Waals surface area (Å²) in [7, 11) is 1.65. The highest BCUT2D eigenvalue weighted by Crippen LogP contribution is 2.33. The number of hydrogen-bond acceptors (Lipinski definition) is 7. The van der Waals surface area contributed by atoms with Crippen molar-refractivity contribution in [3.05, 3.63) is 47.5 Å². The van der Waals surface area contributed by atoms with Crippen molar-refractivity contribution in [2.75, 3.05) is 57.2 Å². The van der Waals surface area contributed by atoms with Crippen LogP contribution in [-0.2, 0) is 9.53 Å². The summed E-state index contributed by atoms with van der Waals surface area (Å²) in [4.78, 5) is 23.6. The molecule has 1 aliphatic heterocycles. The minimum atomic E-state index is 0.0891. The first kappa shape index (κ1) is 24.0. The molecule has 0 spiro atoms. The van der Waals surface area contributed by atoms with E-state index >= 15 is 0 Å². The van der Waals surface area contributed by atoms with E-state index in [4.69, 9.17) is 14.5 Å². The summed E-state index contributed by atoms with van der Waals surface area (Å²) >= 11 is 3.15. The second-order valence-electron chi connectivity index (χ2n) is 8.17. The summed E-state index contributed by atoms with van der Waals surface area (Å²) in [6.07, 6.45) is 0.910. The number of aromatic nitrogens is 1. The zero-order chi connectivity index (χ0) is 23.2. The average molecular weight is 486 g/mol. The minimum absolute atomic E-state index is 0.0891. The Labute approximate surface area is 203 Å². The van der Waals surface area contributed by atoms with E-state index in [9.17, 15) is 4.79 Å². The number of nitrogens with zero attached hydrogens (tertiary/aromatic N) is 3. The van der Waals surface area contributed by atoms with Crippen molar-refractivity contribution in [3.8, 4) is 5.75 Å². The van der Waals surface area contributed by atoms with Gasteiger partial charge < -0.3 is 9.47 Å². The van der Waals surface area contributed by atoms with Crippen molar-refractivity contribution in [2.45, 2.75) is 25.2 Å². The molecule has 176 valence electrons. The molecule has 0 aliphatic carbocycles. The number of thioether (sulfide) groups is 1. The predicted molar refractivity (Wildman–Crippen MR) is 137 cm³/mol. The fourth-order valence-corrected chi connectivity index (χ4v) is 5.67. The molecule has 8 heteroatoms. The van der Waals surface area contributed by atoms with Crippen LogP contribution in [0, 0.1) is 13.8 Å². The van der Waals surface area contributed by atoms with Crippen LogP contribution in [0.1, 0.15) is 17.5 Å².